The first-order valence-corrected chi connectivity index (χ1v) is 23.7. The van der Waals surface area contributed by atoms with Crippen LogP contribution >= 0.6 is 34.8 Å². The standard InChI is InChI=1S/C32H47ClN2O6.C19H22Cl2O4/c1-24(22-40-30(36)16-18-34(4)5)21-38-27-12-8-25(9-13-27)32(2,3)26-10-14-28(15-11-26)39-23-29(20-33)41-31(37)17-19-35(6)7;20-10-16(22)12-24-18-5-1-14(2-6-18)9-15-3-7-19(8-4-15)25-13-17(23)11-21/h8-15,24,29H,16-23H2,1-7H3;1-8,16-17,22-23H,9-13H2. The zero-order chi connectivity index (χ0) is 48.5. The van der Waals surface area contributed by atoms with Crippen LogP contribution in [-0.2, 0) is 30.9 Å². The molecule has 4 aromatic rings. The van der Waals surface area contributed by atoms with Gasteiger partial charge in [-0.1, -0.05) is 69.3 Å². The fraction of sp³-hybridized carbons (Fsp3) is 0.490. The lowest BCUT2D eigenvalue weighted by molar-refractivity contribution is -0.149. The SMILES string of the molecule is CC(COC(=O)CCN(C)C)COc1ccc(C(C)(C)c2ccc(OCC(CCl)OC(=O)CCN(C)C)cc2)cc1.OC(CCl)COc1ccc(Cc2ccc(OCC(O)CCl)cc2)cc1. The summed E-state index contributed by atoms with van der Waals surface area (Å²) in [4.78, 5) is 27.7. The molecular weight excluding hydrogens is 907 g/mol. The molecule has 4 rings (SSSR count). The van der Waals surface area contributed by atoms with Crippen molar-refractivity contribution in [2.24, 2.45) is 5.92 Å². The van der Waals surface area contributed by atoms with Crippen molar-refractivity contribution >= 4 is 46.7 Å². The van der Waals surface area contributed by atoms with E-state index < -0.39 is 18.3 Å². The molecule has 0 aromatic heterocycles. The van der Waals surface area contributed by atoms with Crippen molar-refractivity contribution in [2.75, 3.05) is 92.0 Å². The summed E-state index contributed by atoms with van der Waals surface area (Å²) in [5.41, 5.74) is 4.33. The lowest BCUT2D eigenvalue weighted by atomic mass is 9.78. The van der Waals surface area contributed by atoms with Crippen LogP contribution in [0.4, 0.5) is 0 Å². The van der Waals surface area contributed by atoms with Gasteiger partial charge >= 0.3 is 11.9 Å². The van der Waals surface area contributed by atoms with Crippen LogP contribution in [0.1, 0.15) is 55.9 Å². The highest BCUT2D eigenvalue weighted by molar-refractivity contribution is 6.18. The Kier molecular flexibility index (Phi) is 25.6. The summed E-state index contributed by atoms with van der Waals surface area (Å²) in [7, 11) is 7.67. The number of aliphatic hydroxyl groups is 2. The Morgan fingerprint density at radius 1 is 0.545 bits per heavy atom. The Morgan fingerprint density at radius 3 is 1.32 bits per heavy atom. The van der Waals surface area contributed by atoms with Crippen molar-refractivity contribution in [1.82, 2.24) is 9.80 Å². The average Bonchev–Trinajstić information content (AvgIpc) is 3.32. The number of esters is 2. The van der Waals surface area contributed by atoms with E-state index in [-0.39, 0.29) is 60.7 Å². The molecule has 0 aliphatic carbocycles. The molecule has 0 aliphatic rings. The lowest BCUT2D eigenvalue weighted by Crippen LogP contribution is -2.28. The van der Waals surface area contributed by atoms with Crippen LogP contribution in [-0.4, -0.2) is 142 Å². The number of hydrogen-bond donors (Lipinski definition) is 2. The molecule has 0 amide bonds. The average molecular weight is 976 g/mol. The summed E-state index contributed by atoms with van der Waals surface area (Å²) < 4.78 is 33.5. The number of carbonyl (C=O) groups is 2. The fourth-order valence-corrected chi connectivity index (χ4v) is 6.32. The van der Waals surface area contributed by atoms with E-state index in [0.717, 1.165) is 34.4 Å². The van der Waals surface area contributed by atoms with Gasteiger partial charge in [0.15, 0.2) is 0 Å². The van der Waals surface area contributed by atoms with Gasteiger partial charge in [-0.3, -0.25) is 9.59 Å². The summed E-state index contributed by atoms with van der Waals surface area (Å²) in [6.07, 6.45) is -0.341. The molecule has 0 heterocycles. The number of carbonyl (C=O) groups excluding carboxylic acids is 2. The van der Waals surface area contributed by atoms with Crippen molar-refractivity contribution in [3.8, 4) is 23.0 Å². The van der Waals surface area contributed by atoms with Gasteiger partial charge in [-0.05, 0) is 105 Å². The minimum Gasteiger partial charge on any atom is -0.493 e. The summed E-state index contributed by atoms with van der Waals surface area (Å²) >= 11 is 17.0. The molecule has 66 heavy (non-hydrogen) atoms. The molecule has 0 fully saturated rings. The normalized spacial score (nSPS) is 13.2. The number of aliphatic hydroxyl groups excluding tert-OH is 2. The van der Waals surface area contributed by atoms with E-state index in [2.05, 4.69) is 26.0 Å². The second-order valence-electron chi connectivity index (χ2n) is 17.2. The zero-order valence-corrected chi connectivity index (χ0v) is 41.7. The van der Waals surface area contributed by atoms with Crippen molar-refractivity contribution in [2.45, 2.75) is 63.8 Å². The van der Waals surface area contributed by atoms with E-state index in [0.29, 0.717) is 56.4 Å². The molecule has 15 heteroatoms. The highest BCUT2D eigenvalue weighted by Gasteiger charge is 2.24. The van der Waals surface area contributed by atoms with Gasteiger partial charge in [-0.25, -0.2) is 0 Å². The van der Waals surface area contributed by atoms with Crippen LogP contribution in [0.5, 0.6) is 23.0 Å². The Bertz CT molecular complexity index is 1900. The fourth-order valence-electron chi connectivity index (χ4n) is 5.99. The van der Waals surface area contributed by atoms with E-state index in [1.807, 2.05) is 130 Å². The summed E-state index contributed by atoms with van der Waals surface area (Å²) in [6, 6.07) is 31.5. The van der Waals surface area contributed by atoms with Crippen LogP contribution in [0.3, 0.4) is 0 Å². The van der Waals surface area contributed by atoms with Crippen LogP contribution < -0.4 is 18.9 Å². The number of rotatable bonds is 28. The van der Waals surface area contributed by atoms with Crippen molar-refractivity contribution in [3.05, 3.63) is 119 Å². The smallest absolute Gasteiger partial charge is 0.307 e. The first kappa shape index (κ1) is 56.1. The topological polar surface area (TPSA) is 136 Å². The van der Waals surface area contributed by atoms with E-state index in [9.17, 15) is 19.8 Å². The maximum atomic E-state index is 12.0. The van der Waals surface area contributed by atoms with Crippen molar-refractivity contribution in [3.63, 3.8) is 0 Å². The molecule has 0 aliphatic heterocycles. The second-order valence-corrected chi connectivity index (χ2v) is 18.1. The van der Waals surface area contributed by atoms with E-state index in [1.165, 1.54) is 0 Å². The van der Waals surface area contributed by atoms with Gasteiger partial charge < -0.3 is 48.4 Å². The maximum absolute atomic E-state index is 12.0. The van der Waals surface area contributed by atoms with Crippen molar-refractivity contribution < 1.29 is 48.2 Å². The third-order valence-electron chi connectivity index (χ3n) is 10.1. The highest BCUT2D eigenvalue weighted by atomic mass is 35.5. The molecule has 0 bridgehead atoms. The number of nitrogens with zero attached hydrogens (tertiary/aromatic N) is 2. The number of ether oxygens (including phenoxy) is 6. The Balaban J connectivity index is 0.000000393. The van der Waals surface area contributed by atoms with Gasteiger partial charge in [0.2, 0.25) is 0 Å². The van der Waals surface area contributed by atoms with Gasteiger partial charge in [0.1, 0.15) is 61.1 Å². The largest absolute Gasteiger partial charge is 0.493 e. The molecule has 364 valence electrons. The van der Waals surface area contributed by atoms with E-state index >= 15 is 0 Å². The van der Waals surface area contributed by atoms with Gasteiger partial charge in [0, 0.05) is 24.4 Å². The molecule has 4 atom stereocenters. The van der Waals surface area contributed by atoms with Crippen LogP contribution in [0.2, 0.25) is 0 Å². The minimum atomic E-state index is -0.660. The first-order valence-electron chi connectivity index (χ1n) is 22.1. The molecule has 4 aromatic carbocycles. The van der Waals surface area contributed by atoms with Crippen LogP contribution in [0, 0.1) is 5.92 Å². The number of halogens is 3. The van der Waals surface area contributed by atoms with Crippen LogP contribution in [0.25, 0.3) is 0 Å². The van der Waals surface area contributed by atoms with Crippen molar-refractivity contribution in [1.29, 1.82) is 0 Å². The summed E-state index contributed by atoms with van der Waals surface area (Å²) in [5.74, 6) is 2.96. The van der Waals surface area contributed by atoms with Gasteiger partial charge in [-0.15, -0.1) is 34.8 Å². The zero-order valence-electron chi connectivity index (χ0n) is 39.4. The molecule has 0 spiro atoms. The Hall–Kier alpha value is -4.27. The maximum Gasteiger partial charge on any atom is 0.307 e. The molecule has 0 radical (unpaired) electrons. The van der Waals surface area contributed by atoms with Gasteiger partial charge in [-0.2, -0.15) is 0 Å². The molecule has 0 saturated carbocycles. The highest BCUT2D eigenvalue weighted by Crippen LogP contribution is 2.33. The Labute approximate surface area is 406 Å². The van der Waals surface area contributed by atoms with Gasteiger partial charge in [0.25, 0.3) is 0 Å². The van der Waals surface area contributed by atoms with Crippen LogP contribution in [0.15, 0.2) is 97.1 Å². The minimum absolute atomic E-state index is 0.0880. The molecule has 4 unspecified atom stereocenters. The predicted octanol–water partition coefficient (Wildman–Crippen LogP) is 8.24. The summed E-state index contributed by atoms with van der Waals surface area (Å²) in [6.45, 7) is 9.00. The van der Waals surface area contributed by atoms with Gasteiger partial charge in [0.05, 0.1) is 43.7 Å². The van der Waals surface area contributed by atoms with E-state index in [4.69, 9.17) is 63.2 Å². The third kappa shape index (κ3) is 22.0. The molecular formula is C51H69Cl3N2O10. The predicted molar refractivity (Wildman–Crippen MR) is 263 cm³/mol. The van der Waals surface area contributed by atoms with E-state index in [1.54, 1.807) is 0 Å². The molecule has 0 saturated heterocycles. The molecule has 2 N–H and O–H groups in total. The monoisotopic (exact) mass is 974 g/mol. The number of benzene rings is 4. The first-order chi connectivity index (χ1) is 31.5. The number of alkyl halides is 3. The third-order valence-corrected chi connectivity index (χ3v) is 11.2. The quantitative estimate of drug-likeness (QED) is 0.0419. The number of hydrogen-bond acceptors (Lipinski definition) is 12. The molecule has 12 nitrogen and oxygen atoms in total. The summed E-state index contributed by atoms with van der Waals surface area (Å²) in [5, 5.41) is 18.8. The Morgan fingerprint density at radius 2 is 0.924 bits per heavy atom. The lowest BCUT2D eigenvalue weighted by Gasteiger charge is -2.26. The second kappa shape index (κ2) is 30.2.